The molecule has 1 atom stereocenters. The van der Waals surface area contributed by atoms with Gasteiger partial charge in [0.05, 0.1) is 20.3 Å². The molecule has 0 saturated carbocycles. The zero-order valence-electron chi connectivity index (χ0n) is 15.3. The van der Waals surface area contributed by atoms with Gasteiger partial charge in [0.2, 0.25) is 0 Å². The number of likely N-dealkylation sites (tertiary alicyclic amines) is 1. The third-order valence-electron chi connectivity index (χ3n) is 5.13. The van der Waals surface area contributed by atoms with Gasteiger partial charge in [-0.2, -0.15) is 0 Å². The molecule has 1 saturated heterocycles. The van der Waals surface area contributed by atoms with Crippen molar-refractivity contribution in [1.82, 2.24) is 9.88 Å². The number of aromatic nitrogens is 1. The molecule has 140 valence electrons. The van der Waals surface area contributed by atoms with Gasteiger partial charge >= 0.3 is 0 Å². The Morgan fingerprint density at radius 1 is 1.15 bits per heavy atom. The minimum atomic E-state index is -0.317. The van der Waals surface area contributed by atoms with Crippen molar-refractivity contribution in [2.75, 3.05) is 20.8 Å². The molecule has 4 rings (SSSR count). The van der Waals surface area contributed by atoms with Gasteiger partial charge in [-0.1, -0.05) is 0 Å². The summed E-state index contributed by atoms with van der Waals surface area (Å²) >= 11 is 0. The second-order valence-corrected chi connectivity index (χ2v) is 6.68. The smallest absolute Gasteiger partial charge is 0.270 e. The van der Waals surface area contributed by atoms with E-state index < -0.39 is 0 Å². The summed E-state index contributed by atoms with van der Waals surface area (Å²) in [6.45, 7) is 0.669. The first kappa shape index (κ1) is 17.4. The molecule has 1 amide bonds. The summed E-state index contributed by atoms with van der Waals surface area (Å²) in [7, 11) is 3.23. The summed E-state index contributed by atoms with van der Waals surface area (Å²) in [4.78, 5) is 18.1. The summed E-state index contributed by atoms with van der Waals surface area (Å²) in [5, 5.41) is 0.691. The third kappa shape index (κ3) is 3.12. The number of rotatable bonds is 4. The maximum atomic E-state index is 13.4. The highest BCUT2D eigenvalue weighted by molar-refractivity contribution is 5.98. The first-order valence-corrected chi connectivity index (χ1v) is 8.92. The zero-order valence-corrected chi connectivity index (χ0v) is 15.3. The van der Waals surface area contributed by atoms with Crippen LogP contribution in [-0.4, -0.2) is 36.6 Å². The number of hydrogen-bond acceptors (Lipinski definition) is 3. The highest BCUT2D eigenvalue weighted by Crippen LogP contribution is 2.39. The maximum Gasteiger partial charge on any atom is 0.270 e. The van der Waals surface area contributed by atoms with Crippen molar-refractivity contribution in [3.05, 3.63) is 59.5 Å². The molecule has 1 unspecified atom stereocenters. The fraction of sp³-hybridized carbons (Fsp3) is 0.286. The normalized spacial score (nSPS) is 16.7. The Morgan fingerprint density at radius 2 is 2.00 bits per heavy atom. The van der Waals surface area contributed by atoms with Crippen molar-refractivity contribution in [3.8, 4) is 11.5 Å². The van der Waals surface area contributed by atoms with Gasteiger partial charge in [-0.25, -0.2) is 4.39 Å². The Morgan fingerprint density at radius 3 is 2.78 bits per heavy atom. The Labute approximate surface area is 156 Å². The van der Waals surface area contributed by atoms with E-state index in [2.05, 4.69) is 4.98 Å². The Balaban J connectivity index is 1.67. The number of ether oxygens (including phenoxy) is 2. The first-order chi connectivity index (χ1) is 13.1. The van der Waals surface area contributed by atoms with Crippen molar-refractivity contribution in [1.29, 1.82) is 0 Å². The molecule has 0 bridgehead atoms. The topological polar surface area (TPSA) is 54.6 Å². The fourth-order valence-electron chi connectivity index (χ4n) is 3.80. The van der Waals surface area contributed by atoms with Crippen LogP contribution < -0.4 is 9.47 Å². The number of methoxy groups -OCH3 is 2. The minimum absolute atomic E-state index is 0.0681. The highest BCUT2D eigenvalue weighted by Gasteiger charge is 2.33. The van der Waals surface area contributed by atoms with Crippen LogP contribution in [0.3, 0.4) is 0 Å². The van der Waals surface area contributed by atoms with Crippen LogP contribution in [0.1, 0.15) is 34.9 Å². The quantitative estimate of drug-likeness (QED) is 0.747. The Kier molecular flexibility index (Phi) is 4.48. The highest BCUT2D eigenvalue weighted by atomic mass is 19.1. The number of nitrogens with one attached hydrogen (secondary N) is 1. The van der Waals surface area contributed by atoms with E-state index in [4.69, 9.17) is 9.47 Å². The Hall–Kier alpha value is -3.02. The molecular formula is C21H21FN2O3. The van der Waals surface area contributed by atoms with E-state index in [1.807, 2.05) is 23.1 Å². The number of carbonyl (C=O) groups is 1. The third-order valence-corrected chi connectivity index (χ3v) is 5.13. The number of carbonyl (C=O) groups excluding carboxylic acids is 1. The van der Waals surface area contributed by atoms with Crippen LogP contribution >= 0.6 is 0 Å². The Bertz CT molecular complexity index is 998. The predicted octanol–water partition coefficient (Wildman–Crippen LogP) is 4.30. The molecule has 1 aliphatic heterocycles. The summed E-state index contributed by atoms with van der Waals surface area (Å²) in [6, 6.07) is 11.8. The molecule has 1 fully saturated rings. The lowest BCUT2D eigenvalue weighted by molar-refractivity contribution is 0.0729. The minimum Gasteiger partial charge on any atom is -0.497 e. The summed E-state index contributed by atoms with van der Waals surface area (Å²) in [6.07, 6.45) is 1.78. The molecule has 0 aliphatic carbocycles. The van der Waals surface area contributed by atoms with E-state index in [1.165, 1.54) is 12.1 Å². The molecule has 6 heteroatoms. The zero-order chi connectivity index (χ0) is 19.0. The summed E-state index contributed by atoms with van der Waals surface area (Å²) in [5.74, 6) is 1.01. The predicted molar refractivity (Wildman–Crippen MR) is 101 cm³/mol. The summed E-state index contributed by atoms with van der Waals surface area (Å²) < 4.78 is 24.2. The van der Waals surface area contributed by atoms with E-state index in [0.717, 1.165) is 23.9 Å². The van der Waals surface area contributed by atoms with Gasteiger partial charge < -0.3 is 19.4 Å². The number of aromatic amines is 1. The fourth-order valence-corrected chi connectivity index (χ4v) is 3.80. The molecular weight excluding hydrogens is 347 g/mol. The molecule has 27 heavy (non-hydrogen) atoms. The van der Waals surface area contributed by atoms with Crippen LogP contribution in [0.4, 0.5) is 4.39 Å². The second kappa shape index (κ2) is 6.95. The van der Waals surface area contributed by atoms with Crippen LogP contribution in [0.15, 0.2) is 42.5 Å². The molecule has 1 N–H and O–H groups in total. The number of hydrogen-bond donors (Lipinski definition) is 1. The number of nitrogens with zero attached hydrogens (tertiary/aromatic N) is 1. The molecule has 5 nitrogen and oxygen atoms in total. The average Bonchev–Trinajstić information content (AvgIpc) is 3.33. The lowest BCUT2D eigenvalue weighted by Crippen LogP contribution is -2.31. The molecule has 0 spiro atoms. The molecule has 2 heterocycles. The van der Waals surface area contributed by atoms with Crippen LogP contribution in [0.25, 0.3) is 10.9 Å². The number of H-pyrrole nitrogens is 1. The SMILES string of the molecule is COc1ccc(C2CCCN2C(=O)c2cc3cc(F)ccc3[nH]2)c(OC)c1. The van der Waals surface area contributed by atoms with Gasteiger partial charge in [0.1, 0.15) is 23.0 Å². The molecule has 2 aromatic carbocycles. The lowest BCUT2D eigenvalue weighted by Gasteiger charge is -2.26. The van der Waals surface area contributed by atoms with Crippen molar-refractivity contribution < 1.29 is 18.7 Å². The van der Waals surface area contributed by atoms with E-state index in [1.54, 1.807) is 26.4 Å². The van der Waals surface area contributed by atoms with Gasteiger partial charge in [-0.3, -0.25) is 4.79 Å². The van der Waals surface area contributed by atoms with Gasteiger partial charge in [-0.15, -0.1) is 0 Å². The second-order valence-electron chi connectivity index (χ2n) is 6.68. The van der Waals surface area contributed by atoms with Gasteiger partial charge in [-0.05, 0) is 49.2 Å². The monoisotopic (exact) mass is 368 g/mol. The van der Waals surface area contributed by atoms with Crippen LogP contribution in [-0.2, 0) is 0 Å². The number of halogens is 1. The molecule has 0 radical (unpaired) electrons. The van der Waals surface area contributed by atoms with Crippen LogP contribution in [0, 0.1) is 5.82 Å². The average molecular weight is 368 g/mol. The van der Waals surface area contributed by atoms with Crippen LogP contribution in [0.2, 0.25) is 0 Å². The van der Waals surface area contributed by atoms with E-state index in [9.17, 15) is 9.18 Å². The van der Waals surface area contributed by atoms with Crippen molar-refractivity contribution in [3.63, 3.8) is 0 Å². The van der Waals surface area contributed by atoms with Crippen LogP contribution in [0.5, 0.6) is 11.5 Å². The summed E-state index contributed by atoms with van der Waals surface area (Å²) in [5.41, 5.74) is 2.18. The molecule has 1 aromatic heterocycles. The number of amides is 1. The lowest BCUT2D eigenvalue weighted by atomic mass is 10.0. The van der Waals surface area contributed by atoms with Gasteiger partial charge in [0.25, 0.3) is 5.91 Å². The van der Waals surface area contributed by atoms with E-state index in [0.29, 0.717) is 29.1 Å². The molecule has 1 aliphatic rings. The van der Waals surface area contributed by atoms with E-state index >= 15 is 0 Å². The van der Waals surface area contributed by atoms with Gasteiger partial charge in [0.15, 0.2) is 0 Å². The standard InChI is InChI=1S/C21H21FN2O3/c1-26-15-6-7-16(20(12-15)27-2)19-4-3-9-24(19)21(25)18-11-13-10-14(22)5-8-17(13)23-18/h5-8,10-12,19,23H,3-4,9H2,1-2H3. The largest absolute Gasteiger partial charge is 0.497 e. The maximum absolute atomic E-state index is 13.4. The molecule has 3 aromatic rings. The van der Waals surface area contributed by atoms with E-state index in [-0.39, 0.29) is 17.8 Å². The van der Waals surface area contributed by atoms with Crippen molar-refractivity contribution in [2.45, 2.75) is 18.9 Å². The van der Waals surface area contributed by atoms with Crippen molar-refractivity contribution >= 4 is 16.8 Å². The van der Waals surface area contributed by atoms with Gasteiger partial charge in [0, 0.05) is 29.1 Å². The number of benzene rings is 2. The first-order valence-electron chi connectivity index (χ1n) is 8.92. The number of fused-ring (bicyclic) bond motifs is 1. The van der Waals surface area contributed by atoms with Crippen molar-refractivity contribution in [2.24, 2.45) is 0 Å².